The molecule has 0 aliphatic carbocycles. The van der Waals surface area contributed by atoms with Crippen molar-refractivity contribution in [1.82, 2.24) is 15.0 Å². The van der Waals surface area contributed by atoms with Gasteiger partial charge in [-0.05, 0) is 18.2 Å². The Hall–Kier alpha value is -2.88. The Morgan fingerprint density at radius 1 is 1.14 bits per heavy atom. The molecule has 3 heterocycles. The average Bonchev–Trinajstić information content (AvgIpc) is 3.14. The summed E-state index contributed by atoms with van der Waals surface area (Å²) in [5.41, 5.74) is 3.69. The zero-order chi connectivity index (χ0) is 14.2. The second kappa shape index (κ2) is 4.59. The molecule has 3 aromatic heterocycles. The Morgan fingerprint density at radius 3 is 2.86 bits per heavy atom. The van der Waals surface area contributed by atoms with Crippen LogP contribution in [0.1, 0.15) is 5.89 Å². The van der Waals surface area contributed by atoms with Crippen molar-refractivity contribution in [2.75, 3.05) is 0 Å². The lowest BCUT2D eigenvalue weighted by Gasteiger charge is -2.02. The van der Waals surface area contributed by atoms with E-state index >= 15 is 0 Å². The van der Waals surface area contributed by atoms with E-state index in [1.807, 2.05) is 49.5 Å². The summed E-state index contributed by atoms with van der Waals surface area (Å²) in [5, 5.41) is 1.03. The molecule has 0 amide bonds. The zero-order valence-corrected chi connectivity index (χ0v) is 11.4. The van der Waals surface area contributed by atoms with Gasteiger partial charge in [0.05, 0.1) is 0 Å². The third kappa shape index (κ3) is 1.92. The van der Waals surface area contributed by atoms with E-state index in [0.29, 0.717) is 5.89 Å². The highest BCUT2D eigenvalue weighted by atomic mass is 16.4. The van der Waals surface area contributed by atoms with Gasteiger partial charge in [-0.2, -0.15) is 0 Å². The summed E-state index contributed by atoms with van der Waals surface area (Å²) < 4.78 is 5.87. The van der Waals surface area contributed by atoms with Crippen LogP contribution in [0.2, 0.25) is 0 Å². The van der Waals surface area contributed by atoms with Gasteiger partial charge >= 0.3 is 0 Å². The van der Waals surface area contributed by atoms with Crippen LogP contribution < -0.4 is 0 Å². The largest absolute Gasteiger partial charge is 0.440 e. The molecule has 0 spiro atoms. The summed E-state index contributed by atoms with van der Waals surface area (Å²) in [4.78, 5) is 12.0. The number of hydrogen-bond acceptors (Lipinski definition) is 3. The quantitative estimate of drug-likeness (QED) is 0.601. The summed E-state index contributed by atoms with van der Waals surface area (Å²) in [6.07, 6.45) is 3.65. The lowest BCUT2D eigenvalue weighted by molar-refractivity contribution is 0.535. The van der Waals surface area contributed by atoms with Crippen LogP contribution in [0.5, 0.6) is 0 Å². The number of benzene rings is 1. The molecule has 1 N–H and O–H groups in total. The van der Waals surface area contributed by atoms with Gasteiger partial charge in [-0.1, -0.05) is 24.3 Å². The van der Waals surface area contributed by atoms with Crippen LogP contribution in [0, 0.1) is 13.0 Å². The number of oxazole rings is 1. The fourth-order valence-electron chi connectivity index (χ4n) is 2.51. The Bertz CT molecular complexity index is 906. The average molecular weight is 274 g/mol. The van der Waals surface area contributed by atoms with Crippen molar-refractivity contribution in [3.8, 4) is 22.6 Å². The van der Waals surface area contributed by atoms with Gasteiger partial charge < -0.3 is 9.40 Å². The van der Waals surface area contributed by atoms with Gasteiger partial charge in [-0.15, -0.1) is 0 Å². The fourth-order valence-corrected chi connectivity index (χ4v) is 2.51. The number of fused-ring (bicyclic) bond motifs is 1. The second-order valence-electron chi connectivity index (χ2n) is 4.80. The minimum atomic E-state index is 0.647. The summed E-state index contributed by atoms with van der Waals surface area (Å²) in [6.45, 7) is 1.86. The maximum Gasteiger partial charge on any atom is 0.192 e. The minimum Gasteiger partial charge on any atom is -0.440 e. The second-order valence-corrected chi connectivity index (χ2v) is 4.80. The van der Waals surface area contributed by atoms with E-state index < -0.39 is 0 Å². The summed E-state index contributed by atoms with van der Waals surface area (Å²) in [5.74, 6) is 1.42. The van der Waals surface area contributed by atoms with Crippen molar-refractivity contribution < 1.29 is 4.42 Å². The number of H-pyrrole nitrogens is 1. The van der Waals surface area contributed by atoms with Gasteiger partial charge in [0, 0.05) is 35.8 Å². The highest BCUT2D eigenvalue weighted by molar-refractivity contribution is 5.94. The molecular weight excluding hydrogens is 262 g/mol. The predicted octanol–water partition coefficient (Wildman–Crippen LogP) is 3.99. The topological polar surface area (TPSA) is 54.7 Å². The van der Waals surface area contributed by atoms with E-state index in [-0.39, 0.29) is 0 Å². The molecule has 4 nitrogen and oxygen atoms in total. The third-order valence-electron chi connectivity index (χ3n) is 3.43. The standard InChI is InChI=1S/C17H12N3O/c1-11-20-15(12-5-3-2-4-6-12)16(21-11)13-7-9-18-17-14(13)8-10-19-17/h3-10H,1H3,(H,18,19). The van der Waals surface area contributed by atoms with E-state index in [1.54, 1.807) is 6.20 Å². The van der Waals surface area contributed by atoms with Gasteiger partial charge in [0.1, 0.15) is 11.3 Å². The first-order chi connectivity index (χ1) is 10.3. The lowest BCUT2D eigenvalue weighted by atomic mass is 10.0. The number of pyridine rings is 1. The molecule has 4 rings (SSSR count). The molecule has 0 fully saturated rings. The Morgan fingerprint density at radius 2 is 2.00 bits per heavy atom. The van der Waals surface area contributed by atoms with Crippen LogP contribution in [0.25, 0.3) is 33.6 Å². The molecule has 0 aliphatic rings. The van der Waals surface area contributed by atoms with E-state index in [9.17, 15) is 0 Å². The van der Waals surface area contributed by atoms with Crippen LogP contribution in [0.4, 0.5) is 0 Å². The van der Waals surface area contributed by atoms with E-state index in [2.05, 4.69) is 21.0 Å². The van der Waals surface area contributed by atoms with E-state index in [4.69, 9.17) is 4.42 Å². The first-order valence-corrected chi connectivity index (χ1v) is 6.69. The molecule has 1 aromatic carbocycles. The highest BCUT2D eigenvalue weighted by Crippen LogP contribution is 2.35. The van der Waals surface area contributed by atoms with Crippen molar-refractivity contribution in [3.63, 3.8) is 0 Å². The predicted molar refractivity (Wildman–Crippen MR) is 80.6 cm³/mol. The number of hydrogen-bond donors (Lipinski definition) is 1. The summed E-state index contributed by atoms with van der Waals surface area (Å²) >= 11 is 0. The number of aryl methyl sites for hydroxylation is 1. The van der Waals surface area contributed by atoms with Crippen LogP contribution in [0.15, 0.2) is 53.2 Å². The number of nitrogens with one attached hydrogen (secondary N) is 1. The van der Waals surface area contributed by atoms with Crippen molar-refractivity contribution >= 4 is 11.0 Å². The van der Waals surface area contributed by atoms with Crippen LogP contribution in [-0.4, -0.2) is 15.0 Å². The van der Waals surface area contributed by atoms with Crippen molar-refractivity contribution in [3.05, 3.63) is 60.7 Å². The van der Waals surface area contributed by atoms with Crippen LogP contribution >= 0.6 is 0 Å². The highest BCUT2D eigenvalue weighted by Gasteiger charge is 2.17. The Labute approximate surface area is 121 Å². The number of nitrogens with zero attached hydrogens (tertiary/aromatic N) is 2. The van der Waals surface area contributed by atoms with Gasteiger partial charge in [0.2, 0.25) is 0 Å². The maximum absolute atomic E-state index is 5.87. The molecule has 4 heteroatoms. The maximum atomic E-state index is 5.87. The normalized spacial score (nSPS) is 11.1. The summed E-state index contributed by atoms with van der Waals surface area (Å²) in [7, 11) is 0. The Balaban J connectivity index is 2.00. The molecular formula is C17H12N3O. The monoisotopic (exact) mass is 274 g/mol. The molecule has 21 heavy (non-hydrogen) atoms. The van der Waals surface area contributed by atoms with Crippen LogP contribution in [-0.2, 0) is 0 Å². The van der Waals surface area contributed by atoms with Crippen molar-refractivity contribution in [2.45, 2.75) is 6.92 Å². The fraction of sp³-hybridized carbons (Fsp3) is 0.0588. The van der Waals surface area contributed by atoms with Crippen molar-refractivity contribution in [1.29, 1.82) is 0 Å². The first kappa shape index (κ1) is 11.9. The first-order valence-electron chi connectivity index (χ1n) is 6.69. The van der Waals surface area contributed by atoms with Crippen molar-refractivity contribution in [2.24, 2.45) is 0 Å². The molecule has 0 bridgehead atoms. The number of aromatic amines is 1. The van der Waals surface area contributed by atoms with E-state index in [1.165, 1.54) is 0 Å². The van der Waals surface area contributed by atoms with Crippen LogP contribution in [0.3, 0.4) is 0 Å². The van der Waals surface area contributed by atoms with Gasteiger partial charge in [-0.25, -0.2) is 9.97 Å². The lowest BCUT2D eigenvalue weighted by Crippen LogP contribution is -1.84. The molecule has 1 radical (unpaired) electrons. The zero-order valence-electron chi connectivity index (χ0n) is 11.4. The van der Waals surface area contributed by atoms with E-state index in [0.717, 1.165) is 33.6 Å². The Kier molecular flexibility index (Phi) is 2.60. The summed E-state index contributed by atoms with van der Waals surface area (Å²) in [6, 6.07) is 14.7. The van der Waals surface area contributed by atoms with Gasteiger partial charge in [0.15, 0.2) is 11.7 Å². The number of aromatic nitrogens is 3. The smallest absolute Gasteiger partial charge is 0.192 e. The minimum absolute atomic E-state index is 0.647. The molecule has 0 atom stereocenters. The van der Waals surface area contributed by atoms with Gasteiger partial charge in [0.25, 0.3) is 0 Å². The molecule has 0 saturated carbocycles. The third-order valence-corrected chi connectivity index (χ3v) is 3.43. The van der Waals surface area contributed by atoms with Gasteiger partial charge in [-0.3, -0.25) is 0 Å². The molecule has 0 aliphatic heterocycles. The molecule has 0 saturated heterocycles. The SMILES string of the molecule is Cc1nc(-c2cc[c]cc2)c(-c2ccnc3[nH]ccc23)o1. The molecule has 0 unspecified atom stereocenters. The molecule has 4 aromatic rings. The number of rotatable bonds is 2. The molecule has 101 valence electrons.